The van der Waals surface area contributed by atoms with Crippen molar-refractivity contribution in [2.45, 2.75) is 0 Å². The highest BCUT2D eigenvalue weighted by Gasteiger charge is 1.93. The van der Waals surface area contributed by atoms with E-state index in [1.165, 1.54) is 5.69 Å². The second kappa shape index (κ2) is 12.7. The topological polar surface area (TPSA) is 105 Å². The number of nitrogens with two attached hydrogens (primary N) is 3. The zero-order valence-electron chi connectivity index (χ0n) is 13.0. The molecule has 2 aromatic carbocycles. The predicted molar refractivity (Wildman–Crippen MR) is 109 cm³/mol. The first-order valence-electron chi connectivity index (χ1n) is 6.13. The summed E-state index contributed by atoms with van der Waals surface area (Å²) >= 11 is 0. The first-order valence-corrected chi connectivity index (χ1v) is 6.13. The summed E-state index contributed by atoms with van der Waals surface area (Å²) in [5, 5.41) is 7.05. The first kappa shape index (κ1) is 26.1. The minimum atomic E-state index is 0. The molecule has 0 aliphatic carbocycles. The monoisotopic (exact) mass is 379 g/mol. The lowest BCUT2D eigenvalue weighted by Gasteiger charge is -2.11. The van der Waals surface area contributed by atoms with Gasteiger partial charge < -0.3 is 22.1 Å². The Morgan fingerprint density at radius 1 is 0.870 bits per heavy atom. The zero-order valence-corrected chi connectivity index (χ0v) is 15.5. The zero-order chi connectivity index (χ0) is 15.1. The average Bonchev–Trinajstić information content (AvgIpc) is 2.40. The van der Waals surface area contributed by atoms with Crippen LogP contribution in [-0.4, -0.2) is 19.9 Å². The molecule has 8 heteroatoms. The highest BCUT2D eigenvalue weighted by atomic mass is 35.5. The lowest BCUT2D eigenvalue weighted by atomic mass is 10.2. The number of hydrogen-bond acceptors (Lipinski definition) is 4. The van der Waals surface area contributed by atoms with E-state index in [4.69, 9.17) is 22.6 Å². The maximum absolute atomic E-state index is 7.05. The van der Waals surface area contributed by atoms with Gasteiger partial charge in [0.05, 0.1) is 0 Å². The van der Waals surface area contributed by atoms with Crippen LogP contribution >= 0.6 is 37.2 Å². The van der Waals surface area contributed by atoms with Crippen LogP contribution in [0.1, 0.15) is 5.56 Å². The van der Waals surface area contributed by atoms with Crippen LogP contribution in [0.15, 0.2) is 48.5 Å². The minimum absolute atomic E-state index is 0. The minimum Gasteiger partial charge on any atom is -0.399 e. The van der Waals surface area contributed by atoms with Crippen molar-refractivity contribution in [2.75, 3.05) is 30.5 Å². The first-order chi connectivity index (χ1) is 9.40. The third-order valence-electron chi connectivity index (χ3n) is 2.61. The van der Waals surface area contributed by atoms with E-state index in [0.29, 0.717) is 11.3 Å². The van der Waals surface area contributed by atoms with Gasteiger partial charge in [0.1, 0.15) is 5.84 Å². The largest absolute Gasteiger partial charge is 0.399 e. The van der Waals surface area contributed by atoms with Gasteiger partial charge in [0, 0.05) is 36.7 Å². The Hall–Kier alpha value is -1.82. The van der Waals surface area contributed by atoms with Crippen LogP contribution in [0.4, 0.5) is 17.1 Å². The standard InChI is InChI=1S/C8H12N2.C7H9N3.3ClH/c1-10(2)8-5-3-7(9)4-6-8;8-6-3-1-2-5(4-6)7(9)10;;;/h3-6H,9H2,1-2H3;1-4H,8H2,(H3,9,10);3*1H. The average molecular weight is 381 g/mol. The molecular weight excluding hydrogens is 357 g/mol. The summed E-state index contributed by atoms with van der Waals surface area (Å²) < 4.78 is 0. The van der Waals surface area contributed by atoms with Crippen LogP contribution in [0.3, 0.4) is 0 Å². The summed E-state index contributed by atoms with van der Waals surface area (Å²) in [5.41, 5.74) is 19.4. The Kier molecular flexibility index (Phi) is 14.4. The summed E-state index contributed by atoms with van der Waals surface area (Å²) in [6, 6.07) is 14.7. The van der Waals surface area contributed by atoms with E-state index in [-0.39, 0.29) is 43.1 Å². The van der Waals surface area contributed by atoms with E-state index >= 15 is 0 Å². The number of hydrogen-bond donors (Lipinski definition) is 4. The molecule has 0 radical (unpaired) electrons. The van der Waals surface area contributed by atoms with Crippen molar-refractivity contribution in [1.82, 2.24) is 0 Å². The quantitative estimate of drug-likeness (QED) is 0.365. The van der Waals surface area contributed by atoms with E-state index in [0.717, 1.165) is 5.69 Å². The number of amidine groups is 1. The molecular formula is C15H24Cl3N5. The fourth-order valence-corrected chi connectivity index (χ4v) is 1.48. The van der Waals surface area contributed by atoms with Gasteiger partial charge in [-0.2, -0.15) is 0 Å². The van der Waals surface area contributed by atoms with E-state index < -0.39 is 0 Å². The Bertz CT molecular complexity index is 574. The van der Waals surface area contributed by atoms with E-state index in [2.05, 4.69) is 0 Å². The van der Waals surface area contributed by atoms with Crippen molar-refractivity contribution in [3.63, 3.8) is 0 Å². The van der Waals surface area contributed by atoms with Crippen LogP contribution in [0.25, 0.3) is 0 Å². The molecule has 0 heterocycles. The summed E-state index contributed by atoms with van der Waals surface area (Å²) in [5.74, 6) is 0.0484. The van der Waals surface area contributed by atoms with Gasteiger partial charge in [0.15, 0.2) is 0 Å². The van der Waals surface area contributed by atoms with Crippen molar-refractivity contribution < 1.29 is 0 Å². The molecule has 0 bridgehead atoms. The molecule has 2 aromatic rings. The summed E-state index contributed by atoms with van der Waals surface area (Å²) in [7, 11) is 4.01. The number of nitrogens with one attached hydrogen (secondary N) is 1. The van der Waals surface area contributed by atoms with Gasteiger partial charge in [-0.15, -0.1) is 37.2 Å². The molecule has 0 amide bonds. The molecule has 0 saturated heterocycles. The molecule has 2 rings (SSSR count). The number of nitrogens with zero attached hydrogens (tertiary/aromatic N) is 1. The van der Waals surface area contributed by atoms with Crippen molar-refractivity contribution in [3.05, 3.63) is 54.1 Å². The second-order valence-electron chi connectivity index (χ2n) is 4.53. The van der Waals surface area contributed by atoms with Gasteiger partial charge in [-0.3, -0.25) is 5.41 Å². The van der Waals surface area contributed by atoms with Gasteiger partial charge in [0.25, 0.3) is 0 Å². The van der Waals surface area contributed by atoms with E-state index in [1.807, 2.05) is 43.3 Å². The lowest BCUT2D eigenvalue weighted by Crippen LogP contribution is -2.10. The smallest absolute Gasteiger partial charge is 0.122 e. The maximum Gasteiger partial charge on any atom is 0.122 e. The number of halogens is 3. The molecule has 0 aromatic heterocycles. The lowest BCUT2D eigenvalue weighted by molar-refractivity contribution is 1.13. The summed E-state index contributed by atoms with van der Waals surface area (Å²) in [6.07, 6.45) is 0. The molecule has 23 heavy (non-hydrogen) atoms. The summed E-state index contributed by atoms with van der Waals surface area (Å²) in [6.45, 7) is 0. The molecule has 0 aliphatic heterocycles. The molecule has 0 atom stereocenters. The van der Waals surface area contributed by atoms with E-state index in [9.17, 15) is 0 Å². The SMILES string of the molecule is CN(C)c1ccc(N)cc1.Cl.Cl.Cl.N=C(N)c1cccc(N)c1. The van der Waals surface area contributed by atoms with Gasteiger partial charge >= 0.3 is 0 Å². The Balaban J connectivity index is -0.000000308. The van der Waals surface area contributed by atoms with Crippen molar-refractivity contribution >= 4 is 60.1 Å². The van der Waals surface area contributed by atoms with Gasteiger partial charge in [-0.05, 0) is 36.4 Å². The number of nitrogen functional groups attached to an aromatic ring is 3. The number of anilines is 3. The van der Waals surface area contributed by atoms with Crippen molar-refractivity contribution in [1.29, 1.82) is 5.41 Å². The molecule has 0 fully saturated rings. The van der Waals surface area contributed by atoms with Crippen LogP contribution < -0.4 is 22.1 Å². The van der Waals surface area contributed by atoms with Crippen molar-refractivity contribution in [2.24, 2.45) is 5.73 Å². The van der Waals surface area contributed by atoms with Gasteiger partial charge in [-0.1, -0.05) is 12.1 Å². The third kappa shape index (κ3) is 9.73. The molecule has 0 saturated carbocycles. The summed E-state index contributed by atoms with van der Waals surface area (Å²) in [4.78, 5) is 2.04. The predicted octanol–water partition coefficient (Wildman–Crippen LogP) is 3.15. The van der Waals surface area contributed by atoms with Crippen LogP contribution in [0.2, 0.25) is 0 Å². The van der Waals surface area contributed by atoms with Gasteiger partial charge in [0.2, 0.25) is 0 Å². The highest BCUT2D eigenvalue weighted by Crippen LogP contribution is 2.12. The highest BCUT2D eigenvalue weighted by molar-refractivity contribution is 5.95. The number of benzene rings is 2. The fraction of sp³-hybridized carbons (Fsp3) is 0.133. The van der Waals surface area contributed by atoms with Crippen LogP contribution in [-0.2, 0) is 0 Å². The van der Waals surface area contributed by atoms with Crippen LogP contribution in [0, 0.1) is 5.41 Å². The fourth-order valence-electron chi connectivity index (χ4n) is 1.48. The second-order valence-corrected chi connectivity index (χ2v) is 4.53. The van der Waals surface area contributed by atoms with Crippen molar-refractivity contribution in [3.8, 4) is 0 Å². The molecule has 0 spiro atoms. The van der Waals surface area contributed by atoms with Crippen LogP contribution in [0.5, 0.6) is 0 Å². The normalized spacial score (nSPS) is 8.09. The maximum atomic E-state index is 7.05. The molecule has 7 N–H and O–H groups in total. The Morgan fingerprint density at radius 2 is 1.39 bits per heavy atom. The molecule has 0 unspecified atom stereocenters. The third-order valence-corrected chi connectivity index (χ3v) is 2.61. The molecule has 130 valence electrons. The number of rotatable bonds is 2. The van der Waals surface area contributed by atoms with Gasteiger partial charge in [-0.25, -0.2) is 0 Å². The molecule has 0 aliphatic rings. The van der Waals surface area contributed by atoms with E-state index in [1.54, 1.807) is 24.3 Å². The molecule has 5 nitrogen and oxygen atoms in total. The Morgan fingerprint density at radius 3 is 1.74 bits per heavy atom. The Labute approximate surface area is 156 Å².